The van der Waals surface area contributed by atoms with Gasteiger partial charge < -0.3 is 18.5 Å². The average Bonchev–Trinajstić information content (AvgIpc) is 3.10. The molecule has 11 nitrogen and oxygen atoms in total. The lowest BCUT2D eigenvalue weighted by molar-refractivity contribution is -0.149. The second kappa shape index (κ2) is 13.6. The van der Waals surface area contributed by atoms with Gasteiger partial charge in [-0.2, -0.15) is 4.39 Å². The highest BCUT2D eigenvalue weighted by atomic mass is 35.5. The van der Waals surface area contributed by atoms with Crippen LogP contribution in [0.15, 0.2) is 15.8 Å². The number of alkyl halides is 2. The van der Waals surface area contributed by atoms with E-state index in [0.717, 1.165) is 11.8 Å². The Morgan fingerprint density at radius 3 is 2.59 bits per heavy atom. The fourth-order valence-electron chi connectivity index (χ4n) is 3.16. The fourth-order valence-corrected chi connectivity index (χ4v) is 6.78. The SMILES string of the molecule is CC(C)OC(=O)[C@H](C)NP(=S)(OCCSC(=O)C(C)(C)C)OC[C@@H]1C[C@@](F)(Cl)[C@H](n2cc(F)c(=O)[nH]c2=O)O1. The van der Waals surface area contributed by atoms with E-state index in [-0.39, 0.29) is 30.2 Å². The summed E-state index contributed by atoms with van der Waals surface area (Å²) in [5.74, 6) is -1.69. The maximum Gasteiger partial charge on any atom is 0.330 e. The number of aromatic nitrogens is 2. The number of carbonyl (C=O) groups is 2. The normalized spacial score (nSPS) is 23.9. The van der Waals surface area contributed by atoms with Crippen molar-refractivity contribution in [1.82, 2.24) is 14.6 Å². The predicted molar refractivity (Wildman–Crippen MR) is 146 cm³/mol. The number of nitrogens with one attached hydrogen (secondary N) is 2. The standard InChI is InChI=1S/C22H33ClF2N3O8PS2/c1-12(2)35-17(30)13(3)27-37(38,33-7-8-39-19(31)21(4,5)6)34-11-14-9-22(23,25)18(36-14)28-10-15(24)16(29)26-20(28)32/h10,12-14,18H,7-9,11H2,1-6H3,(H,27,38)(H,26,29,32)/t13-,14-,18+,22-,37?/m0/s1. The van der Waals surface area contributed by atoms with Crippen molar-refractivity contribution in [3.05, 3.63) is 32.9 Å². The van der Waals surface area contributed by atoms with Gasteiger partial charge in [-0.1, -0.05) is 44.1 Å². The van der Waals surface area contributed by atoms with Crippen LogP contribution in [0, 0.1) is 11.2 Å². The van der Waals surface area contributed by atoms with E-state index in [1.165, 1.54) is 6.92 Å². The lowest BCUT2D eigenvalue weighted by atomic mass is 10.00. The zero-order valence-electron chi connectivity index (χ0n) is 22.3. The summed E-state index contributed by atoms with van der Waals surface area (Å²) in [5, 5.41) is 0.105. The van der Waals surface area contributed by atoms with Crippen LogP contribution in [0.1, 0.15) is 54.2 Å². The van der Waals surface area contributed by atoms with Crippen molar-refractivity contribution in [2.45, 2.75) is 77.6 Å². The van der Waals surface area contributed by atoms with Gasteiger partial charge in [0.25, 0.3) is 12.2 Å². The number of nitrogens with zero attached hydrogens (tertiary/aromatic N) is 1. The Morgan fingerprint density at radius 1 is 1.36 bits per heavy atom. The number of hydrogen-bond acceptors (Lipinski definition) is 10. The molecule has 1 unspecified atom stereocenters. The summed E-state index contributed by atoms with van der Waals surface area (Å²) in [7, 11) is 0. The molecule has 2 N–H and O–H groups in total. The number of esters is 1. The van der Waals surface area contributed by atoms with Crippen LogP contribution in [0.4, 0.5) is 8.78 Å². The number of ether oxygens (including phenoxy) is 2. The largest absolute Gasteiger partial charge is 0.462 e. The van der Waals surface area contributed by atoms with Crippen molar-refractivity contribution >= 4 is 52.9 Å². The minimum atomic E-state index is -3.45. The molecule has 2 rings (SSSR count). The zero-order chi connectivity index (χ0) is 29.8. The van der Waals surface area contributed by atoms with Crippen molar-refractivity contribution in [2.24, 2.45) is 5.41 Å². The minimum Gasteiger partial charge on any atom is -0.462 e. The molecule has 1 saturated heterocycles. The topological polar surface area (TPSA) is 138 Å². The number of rotatable bonds is 12. The van der Waals surface area contributed by atoms with Crippen LogP contribution in [-0.4, -0.2) is 63.0 Å². The van der Waals surface area contributed by atoms with Gasteiger partial charge in [0.1, 0.15) is 6.04 Å². The summed E-state index contributed by atoms with van der Waals surface area (Å²) in [4.78, 5) is 49.7. The molecule has 1 aliphatic rings. The monoisotopic (exact) mass is 635 g/mol. The van der Waals surface area contributed by atoms with E-state index in [1.807, 2.05) is 0 Å². The lowest BCUT2D eigenvalue weighted by Crippen LogP contribution is -2.38. The molecule has 0 aliphatic carbocycles. The highest BCUT2D eigenvalue weighted by molar-refractivity contribution is 8.13. The highest BCUT2D eigenvalue weighted by Gasteiger charge is 2.50. The molecule has 17 heteroatoms. The maximum absolute atomic E-state index is 15.2. The molecule has 2 heterocycles. The summed E-state index contributed by atoms with van der Waals surface area (Å²) in [6.45, 7) is 6.38. The van der Waals surface area contributed by atoms with Crippen LogP contribution in [0.3, 0.4) is 0 Å². The first kappa shape index (κ1) is 34.0. The second-order valence-corrected chi connectivity index (χ2v) is 15.0. The van der Waals surface area contributed by atoms with Crippen LogP contribution in [0.5, 0.6) is 0 Å². The first-order valence-corrected chi connectivity index (χ1v) is 15.9. The third-order valence-electron chi connectivity index (χ3n) is 5.04. The quantitative estimate of drug-likeness (QED) is 0.151. The van der Waals surface area contributed by atoms with E-state index in [0.29, 0.717) is 10.8 Å². The maximum atomic E-state index is 15.2. The number of hydrogen-bond donors (Lipinski definition) is 2. The summed E-state index contributed by atoms with van der Waals surface area (Å²) in [6, 6.07) is -0.935. The summed E-state index contributed by atoms with van der Waals surface area (Å²) >= 11 is 12.6. The van der Waals surface area contributed by atoms with Gasteiger partial charge >= 0.3 is 11.7 Å². The third-order valence-corrected chi connectivity index (χ3v) is 9.29. The van der Waals surface area contributed by atoms with Gasteiger partial charge in [-0.15, -0.1) is 0 Å². The number of H-pyrrole nitrogens is 1. The Hall–Kier alpha value is -1.19. The fraction of sp³-hybridized carbons (Fsp3) is 0.727. The first-order chi connectivity index (χ1) is 17.8. The molecule has 39 heavy (non-hydrogen) atoms. The highest BCUT2D eigenvalue weighted by Crippen LogP contribution is 2.48. The summed E-state index contributed by atoms with van der Waals surface area (Å²) < 4.78 is 51.7. The molecule has 5 atom stereocenters. The zero-order valence-corrected chi connectivity index (χ0v) is 25.6. The van der Waals surface area contributed by atoms with E-state index < -0.39 is 65.0 Å². The number of halogens is 3. The van der Waals surface area contributed by atoms with Crippen LogP contribution < -0.4 is 16.3 Å². The van der Waals surface area contributed by atoms with Gasteiger partial charge in [-0.3, -0.25) is 23.9 Å². The van der Waals surface area contributed by atoms with Crippen LogP contribution >= 0.6 is 30.0 Å². The van der Waals surface area contributed by atoms with Gasteiger partial charge in [0.2, 0.25) is 10.9 Å². The lowest BCUT2D eigenvalue weighted by Gasteiger charge is -2.27. The van der Waals surface area contributed by atoms with Crippen molar-refractivity contribution in [1.29, 1.82) is 0 Å². The Balaban J connectivity index is 2.13. The molecule has 0 aromatic carbocycles. The predicted octanol–water partition coefficient (Wildman–Crippen LogP) is 3.36. The number of thioether (sulfide) groups is 1. The molecule has 1 fully saturated rings. The van der Waals surface area contributed by atoms with Crippen molar-refractivity contribution in [2.75, 3.05) is 19.0 Å². The van der Waals surface area contributed by atoms with Gasteiger partial charge in [0, 0.05) is 17.6 Å². The van der Waals surface area contributed by atoms with E-state index in [9.17, 15) is 23.6 Å². The first-order valence-electron chi connectivity index (χ1n) is 11.9. The molecular formula is C22H33ClF2N3O8PS2. The van der Waals surface area contributed by atoms with Crippen molar-refractivity contribution < 1.29 is 36.9 Å². The van der Waals surface area contributed by atoms with E-state index in [1.54, 1.807) is 39.6 Å². The van der Waals surface area contributed by atoms with E-state index in [4.69, 9.17) is 41.9 Å². The number of carbonyl (C=O) groups excluding carboxylic acids is 2. The molecule has 1 aliphatic heterocycles. The Bertz CT molecular complexity index is 1210. The molecule has 1 aromatic rings. The van der Waals surface area contributed by atoms with Crippen molar-refractivity contribution in [3.8, 4) is 0 Å². The molecule has 0 saturated carbocycles. The molecule has 0 spiro atoms. The van der Waals surface area contributed by atoms with Crippen LogP contribution in [0.2, 0.25) is 0 Å². The Labute approximate surface area is 238 Å². The summed E-state index contributed by atoms with van der Waals surface area (Å²) in [6.07, 6.45) is -3.21. The number of aromatic amines is 1. The average molecular weight is 636 g/mol. The third kappa shape index (κ3) is 9.99. The van der Waals surface area contributed by atoms with E-state index >= 15 is 4.39 Å². The smallest absolute Gasteiger partial charge is 0.330 e. The summed E-state index contributed by atoms with van der Waals surface area (Å²) in [5.41, 5.74) is -2.95. The molecule has 0 bridgehead atoms. The van der Waals surface area contributed by atoms with Crippen LogP contribution in [0.25, 0.3) is 0 Å². The van der Waals surface area contributed by atoms with Crippen LogP contribution in [-0.2, 0) is 39.9 Å². The molecule has 0 radical (unpaired) electrons. The minimum absolute atomic E-state index is 0.00847. The van der Waals surface area contributed by atoms with E-state index in [2.05, 4.69) is 5.09 Å². The van der Waals surface area contributed by atoms with Gasteiger partial charge in [0.05, 0.1) is 31.6 Å². The Morgan fingerprint density at radius 2 is 2.00 bits per heavy atom. The molecule has 1 aromatic heterocycles. The van der Waals surface area contributed by atoms with Crippen molar-refractivity contribution in [3.63, 3.8) is 0 Å². The molecule has 0 amide bonds. The Kier molecular flexibility index (Phi) is 11.9. The molecular weight excluding hydrogens is 603 g/mol. The second-order valence-electron chi connectivity index (χ2n) is 10.1. The van der Waals surface area contributed by atoms with Gasteiger partial charge in [-0.05, 0) is 32.6 Å². The van der Waals surface area contributed by atoms with Gasteiger partial charge in [-0.25, -0.2) is 14.3 Å². The van der Waals surface area contributed by atoms with Gasteiger partial charge in [0.15, 0.2) is 11.3 Å². The molecule has 222 valence electrons.